The summed E-state index contributed by atoms with van der Waals surface area (Å²) in [5.41, 5.74) is 0.405. The zero-order valence-electron chi connectivity index (χ0n) is 13.5. The fraction of sp³-hybridized carbons (Fsp3) is 0.294. The van der Waals surface area contributed by atoms with Crippen LogP contribution in [0.5, 0.6) is 0 Å². The van der Waals surface area contributed by atoms with E-state index >= 15 is 0 Å². The molecular weight excluding hydrogens is 338 g/mol. The van der Waals surface area contributed by atoms with Gasteiger partial charge in [0.05, 0.1) is 16.6 Å². The number of tetrazole rings is 1. The molecule has 2 aromatic heterocycles. The number of likely N-dealkylation sites (tertiary alicyclic amines) is 1. The van der Waals surface area contributed by atoms with Crippen molar-refractivity contribution in [2.24, 2.45) is 0 Å². The summed E-state index contributed by atoms with van der Waals surface area (Å²) in [4.78, 5) is 27.8. The van der Waals surface area contributed by atoms with E-state index in [4.69, 9.17) is 0 Å². The van der Waals surface area contributed by atoms with Crippen molar-refractivity contribution < 1.29 is 4.79 Å². The Hall–Kier alpha value is -2.74. The molecular formula is C17H17N5O2S. The summed E-state index contributed by atoms with van der Waals surface area (Å²) in [6.07, 6.45) is 1.65. The number of piperidine rings is 1. The maximum absolute atomic E-state index is 12.7. The van der Waals surface area contributed by atoms with E-state index in [1.165, 1.54) is 20.7 Å². The van der Waals surface area contributed by atoms with Gasteiger partial charge in [-0.15, -0.1) is 11.3 Å². The van der Waals surface area contributed by atoms with Crippen LogP contribution in [-0.4, -0.2) is 43.7 Å². The average molecular weight is 355 g/mol. The second kappa shape index (κ2) is 6.64. The fourth-order valence-electron chi connectivity index (χ4n) is 3.11. The molecule has 4 rings (SSSR count). The third-order valence-corrected chi connectivity index (χ3v) is 5.22. The molecule has 0 radical (unpaired) electrons. The van der Waals surface area contributed by atoms with Crippen molar-refractivity contribution in [1.82, 2.24) is 24.7 Å². The minimum Gasteiger partial charge on any atom is -0.336 e. The summed E-state index contributed by atoms with van der Waals surface area (Å²) >= 11 is 1.43. The molecule has 25 heavy (non-hydrogen) atoms. The number of hydrogen-bond acceptors (Lipinski definition) is 5. The van der Waals surface area contributed by atoms with E-state index in [0.29, 0.717) is 18.8 Å². The number of benzene rings is 1. The Morgan fingerprint density at radius 1 is 1.12 bits per heavy atom. The van der Waals surface area contributed by atoms with Crippen LogP contribution in [0.1, 0.15) is 28.6 Å². The predicted molar refractivity (Wildman–Crippen MR) is 94.1 cm³/mol. The fourth-order valence-corrected chi connectivity index (χ4v) is 3.80. The Morgan fingerprint density at radius 3 is 2.72 bits per heavy atom. The standard InChI is InChI=1S/C17H17N5O2S/c23-16(15-9-5-11-25-15)20-10-4-8-14(12-20)22-17(24)21(18-19-22)13-6-2-1-3-7-13/h1-3,5-7,9,11,14H,4,8,10,12H2/t14-/m0/s1. The predicted octanol–water partition coefficient (Wildman–Crippen LogP) is 1.97. The van der Waals surface area contributed by atoms with Gasteiger partial charge in [0.1, 0.15) is 0 Å². The summed E-state index contributed by atoms with van der Waals surface area (Å²) in [7, 11) is 0. The van der Waals surface area contributed by atoms with Crippen LogP contribution < -0.4 is 5.69 Å². The summed E-state index contributed by atoms with van der Waals surface area (Å²) in [6, 6.07) is 12.8. The van der Waals surface area contributed by atoms with Gasteiger partial charge in [0.15, 0.2) is 0 Å². The van der Waals surface area contributed by atoms with E-state index in [-0.39, 0.29) is 17.6 Å². The smallest absolute Gasteiger partial charge is 0.336 e. The quantitative estimate of drug-likeness (QED) is 0.720. The van der Waals surface area contributed by atoms with Crippen molar-refractivity contribution in [3.05, 3.63) is 63.2 Å². The second-order valence-corrected chi connectivity index (χ2v) is 6.93. The molecule has 1 fully saturated rings. The van der Waals surface area contributed by atoms with Crippen LogP contribution in [0.15, 0.2) is 52.6 Å². The molecule has 8 heteroatoms. The van der Waals surface area contributed by atoms with Crippen molar-refractivity contribution in [3.63, 3.8) is 0 Å². The number of carbonyl (C=O) groups is 1. The third kappa shape index (κ3) is 3.00. The average Bonchev–Trinajstić information content (AvgIpc) is 3.32. The normalized spacial score (nSPS) is 17.6. The Kier molecular flexibility index (Phi) is 4.19. The number of aromatic nitrogens is 4. The van der Waals surface area contributed by atoms with Gasteiger partial charge in [-0.2, -0.15) is 9.36 Å². The molecule has 0 saturated carbocycles. The SMILES string of the molecule is O=C(c1cccs1)N1CCC[C@H](n2nnn(-c3ccccc3)c2=O)C1. The number of rotatable bonds is 3. The lowest BCUT2D eigenvalue weighted by Crippen LogP contribution is -2.43. The molecule has 3 aromatic rings. The Labute approximate surface area is 148 Å². The van der Waals surface area contributed by atoms with E-state index in [1.807, 2.05) is 47.8 Å². The number of nitrogens with zero attached hydrogens (tertiary/aromatic N) is 5. The molecule has 1 amide bonds. The monoisotopic (exact) mass is 355 g/mol. The van der Waals surface area contributed by atoms with Crippen LogP contribution in [0.2, 0.25) is 0 Å². The first kappa shape index (κ1) is 15.8. The number of para-hydroxylation sites is 1. The van der Waals surface area contributed by atoms with Crippen LogP contribution in [0, 0.1) is 0 Å². The number of thiophene rings is 1. The van der Waals surface area contributed by atoms with Gasteiger partial charge in [-0.3, -0.25) is 4.79 Å². The van der Waals surface area contributed by atoms with Gasteiger partial charge >= 0.3 is 5.69 Å². The van der Waals surface area contributed by atoms with Gasteiger partial charge in [0, 0.05) is 13.1 Å². The Bertz CT molecular complexity index is 916. The van der Waals surface area contributed by atoms with E-state index in [9.17, 15) is 9.59 Å². The molecule has 3 heterocycles. The van der Waals surface area contributed by atoms with Crippen molar-refractivity contribution >= 4 is 17.2 Å². The topological polar surface area (TPSA) is 73.0 Å². The molecule has 0 aliphatic carbocycles. The van der Waals surface area contributed by atoms with Crippen LogP contribution in [-0.2, 0) is 0 Å². The molecule has 0 bridgehead atoms. The Balaban J connectivity index is 1.57. The zero-order valence-corrected chi connectivity index (χ0v) is 14.3. The minimum absolute atomic E-state index is 0.0169. The highest BCUT2D eigenvalue weighted by atomic mass is 32.1. The minimum atomic E-state index is -0.276. The molecule has 0 unspecified atom stereocenters. The van der Waals surface area contributed by atoms with Gasteiger partial charge < -0.3 is 4.90 Å². The van der Waals surface area contributed by atoms with Crippen molar-refractivity contribution in [2.45, 2.75) is 18.9 Å². The van der Waals surface area contributed by atoms with Gasteiger partial charge in [-0.05, 0) is 46.8 Å². The molecule has 128 valence electrons. The van der Waals surface area contributed by atoms with Gasteiger partial charge in [-0.25, -0.2) is 4.79 Å². The zero-order chi connectivity index (χ0) is 17.2. The molecule has 1 saturated heterocycles. The van der Waals surface area contributed by atoms with Crippen LogP contribution in [0.25, 0.3) is 5.69 Å². The summed E-state index contributed by atoms with van der Waals surface area (Å²) in [5, 5.41) is 9.94. The van der Waals surface area contributed by atoms with E-state index in [0.717, 1.165) is 17.7 Å². The lowest BCUT2D eigenvalue weighted by Gasteiger charge is -2.31. The second-order valence-electron chi connectivity index (χ2n) is 5.98. The molecule has 0 N–H and O–H groups in total. The molecule has 7 nitrogen and oxygen atoms in total. The first-order valence-electron chi connectivity index (χ1n) is 8.17. The first-order valence-corrected chi connectivity index (χ1v) is 9.05. The molecule has 1 aliphatic heterocycles. The summed E-state index contributed by atoms with van der Waals surface area (Å²) in [6.45, 7) is 1.18. The van der Waals surface area contributed by atoms with Gasteiger partial charge in [-0.1, -0.05) is 24.3 Å². The molecule has 0 spiro atoms. The summed E-state index contributed by atoms with van der Waals surface area (Å²) < 4.78 is 2.70. The van der Waals surface area contributed by atoms with Crippen molar-refractivity contribution in [3.8, 4) is 5.69 Å². The first-order chi connectivity index (χ1) is 12.2. The molecule has 1 aliphatic rings. The maximum Gasteiger partial charge on any atom is 0.368 e. The Morgan fingerprint density at radius 2 is 1.96 bits per heavy atom. The largest absolute Gasteiger partial charge is 0.368 e. The highest BCUT2D eigenvalue weighted by Crippen LogP contribution is 2.22. The van der Waals surface area contributed by atoms with Crippen LogP contribution >= 0.6 is 11.3 Å². The maximum atomic E-state index is 12.7. The highest BCUT2D eigenvalue weighted by molar-refractivity contribution is 7.12. The van der Waals surface area contributed by atoms with Crippen molar-refractivity contribution in [1.29, 1.82) is 0 Å². The molecule has 1 aromatic carbocycles. The van der Waals surface area contributed by atoms with E-state index < -0.39 is 0 Å². The lowest BCUT2D eigenvalue weighted by molar-refractivity contribution is 0.0674. The third-order valence-electron chi connectivity index (χ3n) is 4.37. The van der Waals surface area contributed by atoms with E-state index in [1.54, 1.807) is 4.90 Å². The van der Waals surface area contributed by atoms with Crippen LogP contribution in [0.3, 0.4) is 0 Å². The van der Waals surface area contributed by atoms with Gasteiger partial charge in [0.2, 0.25) is 0 Å². The number of hydrogen-bond donors (Lipinski definition) is 0. The number of amides is 1. The van der Waals surface area contributed by atoms with Gasteiger partial charge in [0.25, 0.3) is 5.91 Å². The number of carbonyl (C=O) groups excluding carboxylic acids is 1. The van der Waals surface area contributed by atoms with E-state index in [2.05, 4.69) is 10.4 Å². The van der Waals surface area contributed by atoms with Crippen molar-refractivity contribution in [2.75, 3.05) is 13.1 Å². The highest BCUT2D eigenvalue weighted by Gasteiger charge is 2.28. The molecule has 1 atom stereocenters. The lowest BCUT2D eigenvalue weighted by atomic mass is 10.1. The van der Waals surface area contributed by atoms with Crippen LogP contribution in [0.4, 0.5) is 0 Å². The summed E-state index contributed by atoms with van der Waals surface area (Å²) in [5.74, 6) is 0.0169.